The zero-order valence-electron chi connectivity index (χ0n) is 15.2. The van der Waals surface area contributed by atoms with Crippen LogP contribution in [0.25, 0.3) is 10.9 Å². The largest absolute Gasteiger partial charge is 0.379 e. The number of aromatic nitrogens is 1. The number of fused-ring (bicyclic) bond motifs is 1. The van der Waals surface area contributed by atoms with Crippen molar-refractivity contribution in [2.75, 3.05) is 38.2 Å². The van der Waals surface area contributed by atoms with Gasteiger partial charge >= 0.3 is 0 Å². The Morgan fingerprint density at radius 3 is 2.69 bits per heavy atom. The van der Waals surface area contributed by atoms with E-state index in [1.807, 2.05) is 12.1 Å². The van der Waals surface area contributed by atoms with Crippen LogP contribution in [0.5, 0.6) is 0 Å². The van der Waals surface area contributed by atoms with Gasteiger partial charge in [0.2, 0.25) is 5.91 Å². The van der Waals surface area contributed by atoms with Crippen molar-refractivity contribution in [2.24, 2.45) is 5.73 Å². The molecule has 0 atom stereocenters. The van der Waals surface area contributed by atoms with Gasteiger partial charge in [0.05, 0.1) is 18.8 Å². The van der Waals surface area contributed by atoms with E-state index in [1.54, 1.807) is 0 Å². The van der Waals surface area contributed by atoms with Crippen LogP contribution in [0.2, 0.25) is 0 Å². The number of nitrogens with one attached hydrogen (secondary N) is 1. The summed E-state index contributed by atoms with van der Waals surface area (Å²) >= 11 is 0. The maximum Gasteiger partial charge on any atom is 0.244 e. The molecule has 1 aromatic carbocycles. The van der Waals surface area contributed by atoms with Gasteiger partial charge < -0.3 is 20.4 Å². The van der Waals surface area contributed by atoms with E-state index in [2.05, 4.69) is 33.1 Å². The topological polar surface area (TPSA) is 72.5 Å². The van der Waals surface area contributed by atoms with Crippen LogP contribution in [0, 0.1) is 0 Å². The zero-order valence-corrected chi connectivity index (χ0v) is 15.2. The fraction of sp³-hybridized carbons (Fsp3) is 0.550. The lowest BCUT2D eigenvalue weighted by Gasteiger charge is -2.26. The van der Waals surface area contributed by atoms with Crippen molar-refractivity contribution in [1.82, 2.24) is 9.47 Å². The highest BCUT2D eigenvalue weighted by Crippen LogP contribution is 2.29. The molecule has 2 aromatic rings. The molecule has 2 fully saturated rings. The molecule has 1 saturated heterocycles. The third-order valence-corrected chi connectivity index (χ3v) is 5.74. The molecule has 0 unspecified atom stereocenters. The minimum Gasteiger partial charge on any atom is -0.379 e. The van der Waals surface area contributed by atoms with Crippen molar-refractivity contribution in [3.05, 3.63) is 30.5 Å². The summed E-state index contributed by atoms with van der Waals surface area (Å²) in [5.74, 6) is -0.0545. The number of carbonyl (C=O) groups is 1. The normalized spacial score (nSPS) is 20.5. The predicted octanol–water partition coefficient (Wildman–Crippen LogP) is 2.18. The number of benzene rings is 1. The van der Waals surface area contributed by atoms with E-state index in [4.69, 9.17) is 10.5 Å². The Bertz CT molecular complexity index is 773. The van der Waals surface area contributed by atoms with Crippen LogP contribution in [-0.2, 0) is 16.1 Å². The van der Waals surface area contributed by atoms with Gasteiger partial charge in [-0.25, -0.2) is 0 Å². The summed E-state index contributed by atoms with van der Waals surface area (Å²) < 4.78 is 7.68. The van der Waals surface area contributed by atoms with Gasteiger partial charge in [0.15, 0.2) is 0 Å². The molecule has 1 aliphatic carbocycles. The third-order valence-electron chi connectivity index (χ3n) is 5.74. The standard InChI is InChI=1S/C20H28N4O2/c21-20(6-1-2-7-20)19(25)22-17-3-4-18-16(15-17)5-8-24(18)10-9-23-11-13-26-14-12-23/h3-5,8,15H,1-2,6-7,9-14,21H2,(H,22,25). The van der Waals surface area contributed by atoms with Gasteiger partial charge in [0, 0.05) is 49.0 Å². The third kappa shape index (κ3) is 3.63. The Morgan fingerprint density at radius 2 is 1.92 bits per heavy atom. The first-order valence-corrected chi connectivity index (χ1v) is 9.63. The molecule has 0 spiro atoms. The first-order chi connectivity index (χ1) is 12.6. The molecule has 1 aliphatic heterocycles. The smallest absolute Gasteiger partial charge is 0.244 e. The number of ether oxygens (including phenoxy) is 1. The summed E-state index contributed by atoms with van der Waals surface area (Å²) in [5.41, 5.74) is 7.57. The van der Waals surface area contributed by atoms with Gasteiger partial charge in [-0.2, -0.15) is 0 Å². The van der Waals surface area contributed by atoms with Gasteiger partial charge in [0.1, 0.15) is 0 Å². The second-order valence-electron chi connectivity index (χ2n) is 7.55. The van der Waals surface area contributed by atoms with Crippen LogP contribution in [0.4, 0.5) is 5.69 Å². The van der Waals surface area contributed by atoms with Crippen LogP contribution < -0.4 is 11.1 Å². The maximum absolute atomic E-state index is 12.5. The van der Waals surface area contributed by atoms with E-state index in [-0.39, 0.29) is 5.91 Å². The number of nitrogens with two attached hydrogens (primary N) is 1. The lowest BCUT2D eigenvalue weighted by atomic mass is 9.98. The van der Waals surface area contributed by atoms with E-state index in [1.165, 1.54) is 5.52 Å². The molecule has 3 N–H and O–H groups in total. The number of carbonyl (C=O) groups excluding carboxylic acids is 1. The highest BCUT2D eigenvalue weighted by atomic mass is 16.5. The summed E-state index contributed by atoms with van der Waals surface area (Å²) in [5, 5.41) is 4.16. The van der Waals surface area contributed by atoms with Crippen LogP contribution in [0.1, 0.15) is 25.7 Å². The van der Waals surface area contributed by atoms with E-state index in [9.17, 15) is 4.79 Å². The number of morpholine rings is 1. The Labute approximate surface area is 154 Å². The molecule has 0 radical (unpaired) electrons. The van der Waals surface area contributed by atoms with Crippen LogP contribution in [0.3, 0.4) is 0 Å². The monoisotopic (exact) mass is 356 g/mol. The van der Waals surface area contributed by atoms with Gasteiger partial charge in [-0.15, -0.1) is 0 Å². The summed E-state index contributed by atoms with van der Waals surface area (Å²) in [4.78, 5) is 14.9. The van der Waals surface area contributed by atoms with Gasteiger partial charge in [0.25, 0.3) is 0 Å². The Morgan fingerprint density at radius 1 is 1.15 bits per heavy atom. The zero-order chi connectivity index (χ0) is 18.0. The fourth-order valence-electron chi connectivity index (χ4n) is 4.04. The molecule has 2 aliphatic rings. The Kier molecular flexibility index (Phi) is 4.98. The summed E-state index contributed by atoms with van der Waals surface area (Å²) in [6.45, 7) is 5.67. The van der Waals surface area contributed by atoms with Gasteiger partial charge in [-0.05, 0) is 37.1 Å². The second-order valence-corrected chi connectivity index (χ2v) is 7.55. The molecule has 140 valence electrons. The highest BCUT2D eigenvalue weighted by Gasteiger charge is 2.36. The van der Waals surface area contributed by atoms with Gasteiger partial charge in [-0.1, -0.05) is 12.8 Å². The second kappa shape index (κ2) is 7.39. The first kappa shape index (κ1) is 17.5. The number of rotatable bonds is 5. The summed E-state index contributed by atoms with van der Waals surface area (Å²) in [6, 6.07) is 8.21. The van der Waals surface area contributed by atoms with Crippen molar-refractivity contribution < 1.29 is 9.53 Å². The molecule has 1 amide bonds. The van der Waals surface area contributed by atoms with Crippen molar-refractivity contribution >= 4 is 22.5 Å². The highest BCUT2D eigenvalue weighted by molar-refractivity contribution is 5.99. The molecule has 0 bridgehead atoms. The molecular formula is C20H28N4O2. The van der Waals surface area contributed by atoms with E-state index >= 15 is 0 Å². The van der Waals surface area contributed by atoms with Crippen molar-refractivity contribution in [3.63, 3.8) is 0 Å². The fourth-order valence-corrected chi connectivity index (χ4v) is 4.04. The van der Waals surface area contributed by atoms with Crippen LogP contribution >= 0.6 is 0 Å². The maximum atomic E-state index is 12.5. The molecule has 2 heterocycles. The SMILES string of the molecule is NC1(C(=O)Nc2ccc3c(ccn3CCN3CCOCC3)c2)CCCC1. The minimum atomic E-state index is -0.695. The lowest BCUT2D eigenvalue weighted by molar-refractivity contribution is -0.121. The van der Waals surface area contributed by atoms with Crippen LogP contribution in [0.15, 0.2) is 30.5 Å². The number of nitrogens with zero attached hydrogens (tertiary/aromatic N) is 2. The number of hydrogen-bond donors (Lipinski definition) is 2. The van der Waals surface area contributed by atoms with Crippen molar-refractivity contribution in [1.29, 1.82) is 0 Å². The van der Waals surface area contributed by atoms with Crippen molar-refractivity contribution in [2.45, 2.75) is 37.8 Å². The Balaban J connectivity index is 1.42. The predicted molar refractivity (Wildman–Crippen MR) is 103 cm³/mol. The molecule has 1 saturated carbocycles. The van der Waals surface area contributed by atoms with E-state index in [0.29, 0.717) is 0 Å². The minimum absolute atomic E-state index is 0.0545. The van der Waals surface area contributed by atoms with Crippen molar-refractivity contribution in [3.8, 4) is 0 Å². The van der Waals surface area contributed by atoms with Crippen LogP contribution in [-0.4, -0.2) is 53.8 Å². The summed E-state index contributed by atoms with van der Waals surface area (Å²) in [7, 11) is 0. The number of amides is 1. The van der Waals surface area contributed by atoms with E-state index < -0.39 is 5.54 Å². The molecule has 6 nitrogen and oxygen atoms in total. The number of anilines is 1. The van der Waals surface area contributed by atoms with E-state index in [0.717, 1.165) is 76.1 Å². The number of hydrogen-bond acceptors (Lipinski definition) is 4. The molecular weight excluding hydrogens is 328 g/mol. The van der Waals surface area contributed by atoms with Gasteiger partial charge in [-0.3, -0.25) is 9.69 Å². The lowest BCUT2D eigenvalue weighted by Crippen LogP contribution is -2.48. The molecule has 26 heavy (non-hydrogen) atoms. The Hall–Kier alpha value is -1.89. The molecule has 1 aromatic heterocycles. The average molecular weight is 356 g/mol. The first-order valence-electron chi connectivity index (χ1n) is 9.63. The average Bonchev–Trinajstić information content (AvgIpc) is 3.28. The molecule has 4 rings (SSSR count). The summed E-state index contributed by atoms with van der Waals surface area (Å²) in [6.07, 6.45) is 5.75. The molecule has 6 heteroatoms. The quantitative estimate of drug-likeness (QED) is 0.861.